The number of aromatic nitrogens is 2. The van der Waals surface area contributed by atoms with Gasteiger partial charge in [-0.25, -0.2) is 9.78 Å². The number of aromatic amines is 1. The van der Waals surface area contributed by atoms with Gasteiger partial charge in [0.1, 0.15) is 5.82 Å². The minimum absolute atomic E-state index is 0.196. The van der Waals surface area contributed by atoms with Crippen LogP contribution in [0.5, 0.6) is 0 Å². The van der Waals surface area contributed by atoms with Crippen molar-refractivity contribution in [1.29, 1.82) is 0 Å². The highest BCUT2D eigenvalue weighted by atomic mass is 16.3. The van der Waals surface area contributed by atoms with E-state index in [0.29, 0.717) is 18.9 Å². The van der Waals surface area contributed by atoms with Crippen LogP contribution >= 0.6 is 0 Å². The van der Waals surface area contributed by atoms with Crippen molar-refractivity contribution in [2.24, 2.45) is 5.92 Å². The van der Waals surface area contributed by atoms with Gasteiger partial charge in [-0.05, 0) is 37.7 Å². The molecule has 0 saturated heterocycles. The van der Waals surface area contributed by atoms with E-state index in [1.54, 1.807) is 6.20 Å². The second-order valence-electron chi connectivity index (χ2n) is 9.77. The van der Waals surface area contributed by atoms with Crippen LogP contribution in [0.15, 0.2) is 36.5 Å². The Hall–Kier alpha value is -2.87. The Balaban J connectivity index is 1.29. The number of carbonyl (C=O) groups is 2. The predicted molar refractivity (Wildman–Crippen MR) is 123 cm³/mol. The molecule has 176 valence electrons. The maximum Gasteiger partial charge on any atom is 0.315 e. The maximum absolute atomic E-state index is 13.0. The van der Waals surface area contributed by atoms with Crippen molar-refractivity contribution in [3.05, 3.63) is 53.6 Å². The molecule has 3 aliphatic rings. The highest BCUT2D eigenvalue weighted by Crippen LogP contribution is 2.42. The summed E-state index contributed by atoms with van der Waals surface area (Å²) in [5.41, 5.74) is 1.79. The minimum atomic E-state index is -0.912. The number of urea groups is 1. The number of hydrogen-bond donors (Lipinski definition) is 5. The molecule has 0 bridgehead atoms. The topological polar surface area (TPSA) is 119 Å². The number of amides is 3. The fraction of sp³-hybridized carbons (Fsp3) is 0.560. The van der Waals surface area contributed by atoms with Gasteiger partial charge in [0, 0.05) is 42.4 Å². The summed E-state index contributed by atoms with van der Waals surface area (Å²) in [5, 5.41) is 20.3. The Morgan fingerprint density at radius 1 is 1.06 bits per heavy atom. The molecule has 5 N–H and O–H groups in total. The molecule has 0 spiro atoms. The Morgan fingerprint density at radius 2 is 1.82 bits per heavy atom. The number of aliphatic hydroxyl groups excluding tert-OH is 1. The van der Waals surface area contributed by atoms with Crippen LogP contribution in [0.2, 0.25) is 0 Å². The van der Waals surface area contributed by atoms with Crippen LogP contribution in [0.25, 0.3) is 0 Å². The van der Waals surface area contributed by atoms with Crippen molar-refractivity contribution in [3.63, 3.8) is 0 Å². The number of nitrogens with zero attached hydrogens (tertiary/aromatic N) is 1. The van der Waals surface area contributed by atoms with Crippen molar-refractivity contribution < 1.29 is 14.7 Å². The maximum atomic E-state index is 13.0. The number of carbonyl (C=O) groups excluding carboxylic acids is 2. The summed E-state index contributed by atoms with van der Waals surface area (Å²) in [5.74, 6) is 0.177. The molecule has 0 radical (unpaired) electrons. The Bertz CT molecular complexity index is 967. The van der Waals surface area contributed by atoms with Gasteiger partial charge >= 0.3 is 6.03 Å². The zero-order chi connectivity index (χ0) is 22.8. The van der Waals surface area contributed by atoms with Gasteiger partial charge in [-0.15, -0.1) is 0 Å². The summed E-state index contributed by atoms with van der Waals surface area (Å²) in [6, 6.07) is 9.32. The number of benzene rings is 1. The molecule has 1 aromatic heterocycles. The molecule has 3 aliphatic carbocycles. The second-order valence-corrected chi connectivity index (χ2v) is 9.77. The quantitative estimate of drug-likeness (QED) is 0.445. The van der Waals surface area contributed by atoms with E-state index >= 15 is 0 Å². The van der Waals surface area contributed by atoms with Crippen LogP contribution in [0, 0.1) is 5.92 Å². The lowest BCUT2D eigenvalue weighted by atomic mass is 9.96. The monoisotopic (exact) mass is 451 g/mol. The molecule has 3 fully saturated rings. The zero-order valence-electron chi connectivity index (χ0n) is 18.8. The summed E-state index contributed by atoms with van der Waals surface area (Å²) >= 11 is 0. The molecule has 33 heavy (non-hydrogen) atoms. The molecule has 0 aliphatic heterocycles. The van der Waals surface area contributed by atoms with Crippen molar-refractivity contribution >= 4 is 11.9 Å². The fourth-order valence-corrected chi connectivity index (χ4v) is 5.33. The predicted octanol–water partition coefficient (Wildman–Crippen LogP) is 2.68. The molecule has 8 nitrogen and oxygen atoms in total. The van der Waals surface area contributed by atoms with E-state index in [4.69, 9.17) is 0 Å². The van der Waals surface area contributed by atoms with Crippen molar-refractivity contribution in [2.45, 2.75) is 81.5 Å². The fourth-order valence-electron chi connectivity index (χ4n) is 5.33. The standard InChI is InChI=1S/C25H33N5O3/c31-22-18(24(32)27-13-15-6-2-1-3-7-15)12-19(30-25(33)28-17-8-4-5-9-17)21(22)20-14-26-23(29-20)16-10-11-16/h1-3,6-7,14,16-19,21-22,31H,4-5,8-13H2,(H,26,29)(H,27,32)(H2,28,30,33)/t18-,19+,21+,22+/m0/s1. The average Bonchev–Trinajstić information content (AvgIpc) is 3.18. The number of H-pyrrole nitrogens is 1. The van der Waals surface area contributed by atoms with Crippen LogP contribution in [0.1, 0.15) is 73.9 Å². The third-order valence-electron chi connectivity index (χ3n) is 7.31. The Kier molecular flexibility index (Phi) is 6.35. The third kappa shape index (κ3) is 5.05. The first-order valence-electron chi connectivity index (χ1n) is 12.2. The van der Waals surface area contributed by atoms with Crippen molar-refractivity contribution in [3.8, 4) is 0 Å². The first-order valence-corrected chi connectivity index (χ1v) is 12.2. The van der Waals surface area contributed by atoms with Gasteiger partial charge < -0.3 is 26.0 Å². The molecule has 1 aromatic carbocycles. The first-order chi connectivity index (χ1) is 16.1. The second kappa shape index (κ2) is 9.55. The first kappa shape index (κ1) is 21.9. The van der Waals surface area contributed by atoms with E-state index in [-0.39, 0.29) is 24.0 Å². The molecule has 3 saturated carbocycles. The van der Waals surface area contributed by atoms with E-state index < -0.39 is 17.9 Å². The molecule has 2 aromatic rings. The highest BCUT2D eigenvalue weighted by Gasteiger charge is 2.48. The molecule has 5 rings (SSSR count). The van der Waals surface area contributed by atoms with E-state index in [9.17, 15) is 14.7 Å². The third-order valence-corrected chi connectivity index (χ3v) is 7.31. The van der Waals surface area contributed by atoms with Crippen molar-refractivity contribution in [1.82, 2.24) is 25.9 Å². The summed E-state index contributed by atoms with van der Waals surface area (Å²) in [6.07, 6.45) is 7.74. The summed E-state index contributed by atoms with van der Waals surface area (Å²) in [7, 11) is 0. The van der Waals surface area contributed by atoms with E-state index in [1.165, 1.54) is 0 Å². The molecule has 0 unspecified atom stereocenters. The van der Waals surface area contributed by atoms with Gasteiger partial charge in [0.25, 0.3) is 0 Å². The Labute approximate surface area is 194 Å². The van der Waals surface area contributed by atoms with Gasteiger partial charge in [-0.2, -0.15) is 0 Å². The van der Waals surface area contributed by atoms with E-state index in [1.807, 2.05) is 30.3 Å². The van der Waals surface area contributed by atoms with Crippen molar-refractivity contribution in [2.75, 3.05) is 0 Å². The van der Waals surface area contributed by atoms with E-state index in [2.05, 4.69) is 25.9 Å². The van der Waals surface area contributed by atoms with Crippen LogP contribution in [-0.2, 0) is 11.3 Å². The Morgan fingerprint density at radius 3 is 2.55 bits per heavy atom. The smallest absolute Gasteiger partial charge is 0.315 e. The minimum Gasteiger partial charge on any atom is -0.392 e. The summed E-state index contributed by atoms with van der Waals surface area (Å²) in [4.78, 5) is 33.6. The lowest BCUT2D eigenvalue weighted by Gasteiger charge is -2.23. The van der Waals surface area contributed by atoms with Crippen LogP contribution in [-0.4, -0.2) is 45.2 Å². The lowest BCUT2D eigenvalue weighted by molar-refractivity contribution is -0.127. The van der Waals surface area contributed by atoms with Gasteiger partial charge in [0.05, 0.1) is 12.0 Å². The number of hydrogen-bond acceptors (Lipinski definition) is 4. The molecule has 3 amide bonds. The van der Waals surface area contributed by atoms with E-state index in [0.717, 1.165) is 55.6 Å². The largest absolute Gasteiger partial charge is 0.392 e. The van der Waals surface area contributed by atoms with Crippen LogP contribution in [0.3, 0.4) is 0 Å². The van der Waals surface area contributed by atoms with Crippen LogP contribution < -0.4 is 16.0 Å². The SMILES string of the molecule is O=C(NC1CCCC1)N[C@@H]1C[C@H](C(=O)NCc2ccccc2)[C@@H](O)[C@H]1c1cnc(C2CC2)[nH]1. The molecule has 4 atom stereocenters. The number of rotatable bonds is 7. The van der Waals surface area contributed by atoms with Gasteiger partial charge in [0.2, 0.25) is 5.91 Å². The number of nitrogens with one attached hydrogen (secondary N) is 4. The summed E-state index contributed by atoms with van der Waals surface area (Å²) < 4.78 is 0. The lowest BCUT2D eigenvalue weighted by Crippen LogP contribution is -2.47. The van der Waals surface area contributed by atoms with Gasteiger partial charge in [-0.1, -0.05) is 43.2 Å². The average molecular weight is 452 g/mol. The number of aliphatic hydroxyl groups is 1. The van der Waals surface area contributed by atoms with Gasteiger partial charge in [-0.3, -0.25) is 4.79 Å². The highest BCUT2D eigenvalue weighted by molar-refractivity contribution is 5.80. The normalized spacial score (nSPS) is 27.4. The van der Waals surface area contributed by atoms with Crippen LogP contribution in [0.4, 0.5) is 4.79 Å². The number of imidazole rings is 1. The van der Waals surface area contributed by atoms with Gasteiger partial charge in [0.15, 0.2) is 0 Å². The molecule has 1 heterocycles. The summed E-state index contributed by atoms with van der Waals surface area (Å²) in [6.45, 7) is 0.406. The zero-order valence-corrected chi connectivity index (χ0v) is 18.8. The molecular formula is C25H33N5O3. The molecule has 8 heteroatoms. The molecular weight excluding hydrogens is 418 g/mol.